The lowest BCUT2D eigenvalue weighted by Crippen LogP contribution is -2.23. The summed E-state index contributed by atoms with van der Waals surface area (Å²) in [6.07, 6.45) is 3.40. The molecule has 3 heteroatoms. The minimum atomic E-state index is -0.447. The van der Waals surface area contributed by atoms with E-state index < -0.39 is 6.10 Å². The SMILES string of the molecule is OC(c1ccc2cccnc2c1)C1CCCOC1. The van der Waals surface area contributed by atoms with Gasteiger partial charge in [-0.25, -0.2) is 0 Å². The van der Waals surface area contributed by atoms with E-state index in [-0.39, 0.29) is 5.92 Å². The Labute approximate surface area is 106 Å². The van der Waals surface area contributed by atoms with Gasteiger partial charge in [-0.05, 0) is 30.5 Å². The third-order valence-electron chi connectivity index (χ3n) is 3.61. The van der Waals surface area contributed by atoms with Crippen molar-refractivity contribution < 1.29 is 9.84 Å². The molecule has 1 aliphatic heterocycles. The number of aliphatic hydroxyl groups is 1. The van der Waals surface area contributed by atoms with Gasteiger partial charge in [-0.1, -0.05) is 18.2 Å². The van der Waals surface area contributed by atoms with Crippen LogP contribution in [0.4, 0.5) is 0 Å². The molecule has 0 spiro atoms. The van der Waals surface area contributed by atoms with E-state index in [9.17, 15) is 5.11 Å². The highest BCUT2D eigenvalue weighted by Gasteiger charge is 2.23. The number of benzene rings is 1. The van der Waals surface area contributed by atoms with Crippen LogP contribution in [0.5, 0.6) is 0 Å². The Morgan fingerprint density at radius 1 is 1.33 bits per heavy atom. The van der Waals surface area contributed by atoms with Gasteiger partial charge in [-0.15, -0.1) is 0 Å². The van der Waals surface area contributed by atoms with Gasteiger partial charge in [0.2, 0.25) is 0 Å². The van der Waals surface area contributed by atoms with Crippen LogP contribution in [0.15, 0.2) is 36.5 Å². The first kappa shape index (κ1) is 11.6. The summed E-state index contributed by atoms with van der Waals surface area (Å²) in [5, 5.41) is 11.5. The third kappa shape index (κ3) is 2.24. The van der Waals surface area contributed by atoms with E-state index >= 15 is 0 Å². The number of nitrogens with zero attached hydrogens (tertiary/aromatic N) is 1. The molecule has 2 heterocycles. The van der Waals surface area contributed by atoms with E-state index in [1.807, 2.05) is 30.3 Å². The average molecular weight is 243 g/mol. The number of hydrogen-bond donors (Lipinski definition) is 1. The molecule has 0 amide bonds. The molecule has 94 valence electrons. The summed E-state index contributed by atoms with van der Waals surface area (Å²) in [5.41, 5.74) is 1.88. The molecule has 1 fully saturated rings. The molecule has 18 heavy (non-hydrogen) atoms. The molecule has 2 unspecified atom stereocenters. The lowest BCUT2D eigenvalue weighted by atomic mass is 9.91. The molecule has 3 rings (SSSR count). The van der Waals surface area contributed by atoms with Crippen LogP contribution in [0.3, 0.4) is 0 Å². The molecule has 1 aromatic carbocycles. The van der Waals surface area contributed by atoms with E-state index in [2.05, 4.69) is 4.98 Å². The largest absolute Gasteiger partial charge is 0.388 e. The van der Waals surface area contributed by atoms with Crippen molar-refractivity contribution in [1.29, 1.82) is 0 Å². The molecule has 0 aliphatic carbocycles. The molecule has 2 aromatic rings. The van der Waals surface area contributed by atoms with E-state index in [1.54, 1.807) is 6.20 Å². The highest BCUT2D eigenvalue weighted by Crippen LogP contribution is 2.29. The lowest BCUT2D eigenvalue weighted by molar-refractivity contribution is -0.00992. The summed E-state index contributed by atoms with van der Waals surface area (Å²) in [6, 6.07) is 9.94. The highest BCUT2D eigenvalue weighted by atomic mass is 16.5. The van der Waals surface area contributed by atoms with Crippen molar-refractivity contribution in [3.63, 3.8) is 0 Å². The summed E-state index contributed by atoms with van der Waals surface area (Å²) in [5.74, 6) is 0.208. The van der Waals surface area contributed by atoms with Crippen LogP contribution < -0.4 is 0 Å². The van der Waals surface area contributed by atoms with Crippen LogP contribution in [-0.2, 0) is 4.74 Å². The number of aromatic nitrogens is 1. The fourth-order valence-electron chi connectivity index (χ4n) is 2.55. The topological polar surface area (TPSA) is 42.4 Å². The molecule has 1 saturated heterocycles. The van der Waals surface area contributed by atoms with Crippen LogP contribution in [-0.4, -0.2) is 23.3 Å². The van der Waals surface area contributed by atoms with Gasteiger partial charge < -0.3 is 9.84 Å². The minimum Gasteiger partial charge on any atom is -0.388 e. The fourth-order valence-corrected chi connectivity index (χ4v) is 2.55. The van der Waals surface area contributed by atoms with Crippen molar-refractivity contribution in [1.82, 2.24) is 4.98 Å². The van der Waals surface area contributed by atoms with E-state index in [0.717, 1.165) is 35.9 Å². The molecule has 0 radical (unpaired) electrons. The summed E-state index contributed by atoms with van der Waals surface area (Å²) >= 11 is 0. The first-order valence-electron chi connectivity index (χ1n) is 6.45. The predicted molar refractivity (Wildman–Crippen MR) is 70.2 cm³/mol. The number of ether oxygens (including phenoxy) is 1. The van der Waals surface area contributed by atoms with Crippen molar-refractivity contribution in [3.8, 4) is 0 Å². The maximum absolute atomic E-state index is 10.4. The van der Waals surface area contributed by atoms with Gasteiger partial charge in [0.15, 0.2) is 0 Å². The van der Waals surface area contributed by atoms with Gasteiger partial charge in [0.1, 0.15) is 0 Å². The van der Waals surface area contributed by atoms with E-state index in [0.29, 0.717) is 6.61 Å². The standard InChI is InChI=1S/C15H17NO2/c17-15(13-4-2-8-18-10-13)12-6-5-11-3-1-7-16-14(11)9-12/h1,3,5-7,9,13,15,17H,2,4,8,10H2. The van der Waals surface area contributed by atoms with Gasteiger partial charge in [0.05, 0.1) is 18.2 Å². The summed E-state index contributed by atoms with van der Waals surface area (Å²) in [4.78, 5) is 4.33. The predicted octanol–water partition coefficient (Wildman–Crippen LogP) is 2.69. The Balaban J connectivity index is 1.88. The second-order valence-corrected chi connectivity index (χ2v) is 4.88. The van der Waals surface area contributed by atoms with Crippen LogP contribution in [0, 0.1) is 5.92 Å². The Bertz CT molecular complexity index is 535. The summed E-state index contributed by atoms with van der Waals surface area (Å²) < 4.78 is 5.44. The Morgan fingerprint density at radius 2 is 2.28 bits per heavy atom. The molecular formula is C15H17NO2. The quantitative estimate of drug-likeness (QED) is 0.881. The zero-order chi connectivity index (χ0) is 12.4. The molecule has 0 bridgehead atoms. The number of pyridine rings is 1. The minimum absolute atomic E-state index is 0.208. The van der Waals surface area contributed by atoms with Gasteiger partial charge in [0.25, 0.3) is 0 Å². The maximum Gasteiger partial charge on any atom is 0.0840 e. The average Bonchev–Trinajstić information content (AvgIpc) is 2.47. The maximum atomic E-state index is 10.4. The number of rotatable bonds is 2. The number of hydrogen-bond acceptors (Lipinski definition) is 3. The molecule has 1 aromatic heterocycles. The highest BCUT2D eigenvalue weighted by molar-refractivity contribution is 5.78. The smallest absolute Gasteiger partial charge is 0.0840 e. The monoisotopic (exact) mass is 243 g/mol. The van der Waals surface area contributed by atoms with Crippen LogP contribution in [0.1, 0.15) is 24.5 Å². The number of aliphatic hydroxyl groups excluding tert-OH is 1. The van der Waals surface area contributed by atoms with Crippen molar-refractivity contribution in [2.75, 3.05) is 13.2 Å². The first-order valence-corrected chi connectivity index (χ1v) is 6.45. The first-order chi connectivity index (χ1) is 8.84. The Morgan fingerprint density at radius 3 is 3.11 bits per heavy atom. The fraction of sp³-hybridized carbons (Fsp3) is 0.400. The molecule has 0 saturated carbocycles. The van der Waals surface area contributed by atoms with Crippen LogP contribution in [0.2, 0.25) is 0 Å². The van der Waals surface area contributed by atoms with Crippen molar-refractivity contribution in [2.45, 2.75) is 18.9 Å². The molecular weight excluding hydrogens is 226 g/mol. The summed E-state index contributed by atoms with van der Waals surface area (Å²) in [7, 11) is 0. The van der Waals surface area contributed by atoms with Crippen LogP contribution >= 0.6 is 0 Å². The van der Waals surface area contributed by atoms with Gasteiger partial charge in [-0.3, -0.25) is 4.98 Å². The molecule has 2 atom stereocenters. The summed E-state index contributed by atoms with van der Waals surface area (Å²) in [6.45, 7) is 1.48. The van der Waals surface area contributed by atoms with Gasteiger partial charge in [-0.2, -0.15) is 0 Å². The lowest BCUT2D eigenvalue weighted by Gasteiger charge is -2.27. The zero-order valence-corrected chi connectivity index (χ0v) is 10.2. The third-order valence-corrected chi connectivity index (χ3v) is 3.61. The van der Waals surface area contributed by atoms with Crippen molar-refractivity contribution in [2.24, 2.45) is 5.92 Å². The van der Waals surface area contributed by atoms with Gasteiger partial charge >= 0.3 is 0 Å². The van der Waals surface area contributed by atoms with Crippen molar-refractivity contribution >= 4 is 10.9 Å². The second-order valence-electron chi connectivity index (χ2n) is 4.88. The number of fused-ring (bicyclic) bond motifs is 1. The van der Waals surface area contributed by atoms with E-state index in [1.165, 1.54) is 0 Å². The normalized spacial score (nSPS) is 21.9. The van der Waals surface area contributed by atoms with Gasteiger partial charge in [0, 0.05) is 24.1 Å². The molecule has 1 N–H and O–H groups in total. The van der Waals surface area contributed by atoms with Crippen LogP contribution in [0.25, 0.3) is 10.9 Å². The Kier molecular flexibility index (Phi) is 3.26. The van der Waals surface area contributed by atoms with Crippen molar-refractivity contribution in [3.05, 3.63) is 42.1 Å². The molecule has 1 aliphatic rings. The van der Waals surface area contributed by atoms with E-state index in [4.69, 9.17) is 4.74 Å². The molecule has 3 nitrogen and oxygen atoms in total. The zero-order valence-electron chi connectivity index (χ0n) is 10.2. The Hall–Kier alpha value is -1.45. The second kappa shape index (κ2) is 5.04.